The van der Waals surface area contributed by atoms with Gasteiger partial charge in [-0.15, -0.1) is 12.4 Å². The van der Waals surface area contributed by atoms with Crippen molar-refractivity contribution in [1.82, 2.24) is 20.0 Å². The molecule has 4 rings (SSSR count). The lowest BCUT2D eigenvalue weighted by molar-refractivity contribution is -0.137. The molecule has 0 bridgehead atoms. The van der Waals surface area contributed by atoms with E-state index in [4.69, 9.17) is 0 Å². The van der Waals surface area contributed by atoms with E-state index < -0.39 is 11.7 Å². The van der Waals surface area contributed by atoms with Gasteiger partial charge < -0.3 is 5.32 Å². The number of hydrogen-bond donors (Lipinski definition) is 1. The molecule has 0 radical (unpaired) electrons. The van der Waals surface area contributed by atoms with Gasteiger partial charge in [-0.25, -0.2) is 0 Å². The van der Waals surface area contributed by atoms with Crippen LogP contribution in [0.4, 0.5) is 13.2 Å². The van der Waals surface area contributed by atoms with Gasteiger partial charge in [-0.2, -0.15) is 18.3 Å². The lowest BCUT2D eigenvalue weighted by atomic mass is 9.78. The Labute approximate surface area is 169 Å². The van der Waals surface area contributed by atoms with Crippen molar-refractivity contribution in [3.05, 3.63) is 53.3 Å². The fourth-order valence-corrected chi connectivity index (χ4v) is 4.35. The number of hydrogen-bond acceptors (Lipinski definition) is 3. The normalized spacial score (nSPS) is 19.7. The topological polar surface area (TPSA) is 33.1 Å². The summed E-state index contributed by atoms with van der Waals surface area (Å²) in [6.07, 6.45) is 3.38. The lowest BCUT2D eigenvalue weighted by Crippen LogP contribution is -2.38. The molecule has 154 valence electrons. The van der Waals surface area contributed by atoms with Crippen molar-refractivity contribution < 1.29 is 13.2 Å². The second-order valence-corrected chi connectivity index (χ2v) is 7.95. The Balaban J connectivity index is 0.00000225. The summed E-state index contributed by atoms with van der Waals surface area (Å²) in [5.41, 5.74) is 1.84. The monoisotopic (exact) mass is 414 g/mol. The van der Waals surface area contributed by atoms with Gasteiger partial charge in [0, 0.05) is 24.8 Å². The highest BCUT2D eigenvalue weighted by molar-refractivity contribution is 5.85. The fraction of sp³-hybridized carbons (Fsp3) is 0.550. The molecule has 0 atom stereocenters. The molecule has 2 aliphatic heterocycles. The highest BCUT2D eigenvalue weighted by atomic mass is 35.5. The molecule has 0 amide bonds. The first-order chi connectivity index (χ1) is 12.9. The van der Waals surface area contributed by atoms with Crippen molar-refractivity contribution in [2.24, 2.45) is 5.41 Å². The molecule has 2 saturated heterocycles. The molecule has 0 aliphatic carbocycles. The van der Waals surface area contributed by atoms with Crippen LogP contribution in [0.3, 0.4) is 0 Å². The Bertz CT molecular complexity index is 767. The Kier molecular flexibility index (Phi) is 6.37. The van der Waals surface area contributed by atoms with Crippen LogP contribution >= 0.6 is 12.4 Å². The molecular weight excluding hydrogens is 389 g/mol. The first-order valence-corrected chi connectivity index (χ1v) is 9.53. The van der Waals surface area contributed by atoms with E-state index >= 15 is 0 Å². The van der Waals surface area contributed by atoms with E-state index in [1.54, 1.807) is 4.68 Å². The first kappa shape index (κ1) is 21.1. The number of nitrogens with one attached hydrogen (secondary N) is 1. The molecule has 2 aliphatic rings. The molecule has 1 aromatic heterocycles. The maximum Gasteiger partial charge on any atom is 0.416 e. The SMILES string of the molecule is Cl.FC(F)(F)c1ccc(Cn2cc(CN3CCC4(CCNCC4)C3)cn2)cc1. The van der Waals surface area contributed by atoms with Gasteiger partial charge in [0.05, 0.1) is 18.3 Å². The third-order valence-electron chi connectivity index (χ3n) is 5.90. The number of likely N-dealkylation sites (tertiary alicyclic amines) is 1. The quantitative estimate of drug-likeness (QED) is 0.822. The number of rotatable bonds is 4. The smallest absolute Gasteiger partial charge is 0.317 e. The number of nitrogens with zero attached hydrogens (tertiary/aromatic N) is 3. The molecule has 2 aromatic rings. The summed E-state index contributed by atoms with van der Waals surface area (Å²) in [6.45, 7) is 5.90. The van der Waals surface area contributed by atoms with Crippen molar-refractivity contribution in [3.63, 3.8) is 0 Å². The van der Waals surface area contributed by atoms with E-state index in [-0.39, 0.29) is 12.4 Å². The van der Waals surface area contributed by atoms with E-state index in [1.165, 1.54) is 31.4 Å². The van der Waals surface area contributed by atoms with E-state index in [1.807, 2.05) is 12.4 Å². The van der Waals surface area contributed by atoms with Crippen molar-refractivity contribution in [1.29, 1.82) is 0 Å². The summed E-state index contributed by atoms with van der Waals surface area (Å²) in [5.74, 6) is 0. The first-order valence-electron chi connectivity index (χ1n) is 9.53. The Morgan fingerprint density at radius 2 is 1.71 bits per heavy atom. The minimum atomic E-state index is -4.29. The average Bonchev–Trinajstić information content (AvgIpc) is 3.23. The molecule has 1 spiro atoms. The van der Waals surface area contributed by atoms with Crippen LogP contribution in [0.25, 0.3) is 0 Å². The third-order valence-corrected chi connectivity index (χ3v) is 5.90. The molecule has 1 N–H and O–H groups in total. The summed E-state index contributed by atoms with van der Waals surface area (Å²) >= 11 is 0. The Hall–Kier alpha value is -1.57. The van der Waals surface area contributed by atoms with Gasteiger partial charge in [-0.3, -0.25) is 9.58 Å². The largest absolute Gasteiger partial charge is 0.416 e. The number of benzene rings is 1. The van der Waals surface area contributed by atoms with Crippen LogP contribution in [0.1, 0.15) is 36.0 Å². The summed E-state index contributed by atoms with van der Waals surface area (Å²) in [7, 11) is 0. The molecular formula is C20H26ClF3N4. The highest BCUT2D eigenvalue weighted by Crippen LogP contribution is 2.39. The van der Waals surface area contributed by atoms with Crippen LogP contribution in [0.5, 0.6) is 0 Å². The predicted molar refractivity (Wildman–Crippen MR) is 104 cm³/mol. The second kappa shape index (κ2) is 8.43. The maximum atomic E-state index is 12.7. The second-order valence-electron chi connectivity index (χ2n) is 7.95. The molecule has 0 saturated carbocycles. The number of piperidine rings is 1. The number of halogens is 4. The Morgan fingerprint density at radius 3 is 2.39 bits per heavy atom. The zero-order valence-electron chi connectivity index (χ0n) is 15.7. The highest BCUT2D eigenvalue weighted by Gasteiger charge is 2.38. The molecule has 1 aromatic carbocycles. The standard InChI is InChI=1S/C20H25F3N4.ClH/c21-20(22,23)18-3-1-16(2-4-18)13-27-14-17(11-25-27)12-26-10-7-19(15-26)5-8-24-9-6-19;/h1-4,11,14,24H,5-10,12-13,15H2;1H. The van der Waals surface area contributed by atoms with E-state index in [0.717, 1.165) is 56.0 Å². The minimum absolute atomic E-state index is 0. The van der Waals surface area contributed by atoms with E-state index in [2.05, 4.69) is 15.3 Å². The zero-order valence-corrected chi connectivity index (χ0v) is 16.5. The number of aromatic nitrogens is 2. The predicted octanol–water partition coefficient (Wildman–Crippen LogP) is 3.95. The van der Waals surface area contributed by atoms with Gasteiger partial charge in [0.15, 0.2) is 0 Å². The van der Waals surface area contributed by atoms with Crippen LogP contribution < -0.4 is 5.32 Å². The van der Waals surface area contributed by atoms with Gasteiger partial charge in [0.1, 0.15) is 0 Å². The van der Waals surface area contributed by atoms with Crippen molar-refractivity contribution in [2.45, 2.75) is 38.5 Å². The summed E-state index contributed by atoms with van der Waals surface area (Å²) in [4.78, 5) is 2.50. The minimum Gasteiger partial charge on any atom is -0.317 e. The van der Waals surface area contributed by atoms with Gasteiger partial charge >= 0.3 is 6.18 Å². The summed E-state index contributed by atoms with van der Waals surface area (Å²) in [6, 6.07) is 5.29. The maximum absolute atomic E-state index is 12.7. The Morgan fingerprint density at radius 1 is 1.00 bits per heavy atom. The molecule has 2 fully saturated rings. The third kappa shape index (κ3) is 4.88. The summed E-state index contributed by atoms with van der Waals surface area (Å²) < 4.78 is 39.8. The van der Waals surface area contributed by atoms with Crippen molar-refractivity contribution in [2.75, 3.05) is 26.2 Å². The summed E-state index contributed by atoms with van der Waals surface area (Å²) in [5, 5.41) is 7.83. The van der Waals surface area contributed by atoms with Gasteiger partial charge in [-0.05, 0) is 62.0 Å². The fourth-order valence-electron chi connectivity index (χ4n) is 4.35. The van der Waals surface area contributed by atoms with Crippen LogP contribution in [0.15, 0.2) is 36.7 Å². The van der Waals surface area contributed by atoms with Crippen molar-refractivity contribution in [3.8, 4) is 0 Å². The van der Waals surface area contributed by atoms with Gasteiger partial charge in [0.25, 0.3) is 0 Å². The van der Waals surface area contributed by atoms with Crippen LogP contribution in [0, 0.1) is 5.41 Å². The van der Waals surface area contributed by atoms with E-state index in [0.29, 0.717) is 12.0 Å². The molecule has 8 heteroatoms. The van der Waals surface area contributed by atoms with Crippen LogP contribution in [-0.2, 0) is 19.3 Å². The zero-order chi connectivity index (χ0) is 18.9. The molecule has 28 heavy (non-hydrogen) atoms. The molecule has 4 nitrogen and oxygen atoms in total. The molecule has 0 unspecified atom stereocenters. The van der Waals surface area contributed by atoms with E-state index in [9.17, 15) is 13.2 Å². The number of alkyl halides is 3. The van der Waals surface area contributed by atoms with Crippen molar-refractivity contribution >= 4 is 12.4 Å². The average molecular weight is 415 g/mol. The van der Waals surface area contributed by atoms with Crippen LogP contribution in [-0.4, -0.2) is 40.9 Å². The van der Waals surface area contributed by atoms with Crippen LogP contribution in [0.2, 0.25) is 0 Å². The lowest BCUT2D eigenvalue weighted by Gasteiger charge is -2.33. The van der Waals surface area contributed by atoms with Gasteiger partial charge in [-0.1, -0.05) is 12.1 Å². The van der Waals surface area contributed by atoms with Gasteiger partial charge in [0.2, 0.25) is 0 Å². The molecule has 3 heterocycles.